The lowest BCUT2D eigenvalue weighted by atomic mass is 10.2. The lowest BCUT2D eigenvalue weighted by Crippen LogP contribution is -2.43. The molecule has 0 fully saturated rings. The monoisotopic (exact) mass is 297 g/mol. The van der Waals surface area contributed by atoms with Crippen molar-refractivity contribution < 1.29 is 23.1 Å². The van der Waals surface area contributed by atoms with E-state index in [0.29, 0.717) is 0 Å². The van der Waals surface area contributed by atoms with Crippen molar-refractivity contribution in [3.63, 3.8) is 0 Å². The normalized spacial score (nSPS) is 12.3. The number of carboxylic acids is 1. The molecule has 0 aromatic heterocycles. The summed E-state index contributed by atoms with van der Waals surface area (Å²) in [5.74, 6) is -2.48. The summed E-state index contributed by atoms with van der Waals surface area (Å²) >= 11 is 0. The van der Waals surface area contributed by atoms with E-state index >= 15 is 0 Å². The number of nitrogens with one attached hydrogen (secondary N) is 1. The Kier molecular flexibility index (Phi) is 4.79. The molecule has 106 valence electrons. The smallest absolute Gasteiger partial charge is 0.322 e. The molecular weight excluding hydrogens is 286 g/mol. The van der Waals surface area contributed by atoms with Crippen LogP contribution >= 0.6 is 0 Å². The van der Waals surface area contributed by atoms with Crippen molar-refractivity contribution in [1.82, 2.24) is 4.72 Å². The van der Waals surface area contributed by atoms with Crippen LogP contribution in [0.1, 0.15) is 12.0 Å². The maximum atomic E-state index is 12.0. The molecule has 8 nitrogen and oxygen atoms in total. The molecule has 4 N–H and O–H groups in total. The summed E-state index contributed by atoms with van der Waals surface area (Å²) in [5, 5.41) is 17.5. The third-order valence-electron chi connectivity index (χ3n) is 2.27. The van der Waals surface area contributed by atoms with Gasteiger partial charge in [0.1, 0.15) is 6.04 Å². The van der Waals surface area contributed by atoms with E-state index in [9.17, 15) is 18.0 Å². The zero-order valence-electron chi connectivity index (χ0n) is 10.1. The molecule has 0 saturated heterocycles. The Morgan fingerprint density at radius 2 is 2.10 bits per heavy atom. The van der Waals surface area contributed by atoms with Crippen LogP contribution in [0.25, 0.3) is 0 Å². The maximum Gasteiger partial charge on any atom is 0.322 e. The topological polar surface area (TPSA) is 150 Å². The van der Waals surface area contributed by atoms with Gasteiger partial charge >= 0.3 is 5.97 Å². The molecule has 0 radical (unpaired) electrons. The number of benzene rings is 1. The largest absolute Gasteiger partial charge is 0.480 e. The number of sulfonamides is 1. The molecule has 1 aromatic rings. The summed E-state index contributed by atoms with van der Waals surface area (Å²) in [4.78, 5) is 21.3. The van der Waals surface area contributed by atoms with Gasteiger partial charge in [-0.25, -0.2) is 8.42 Å². The number of hydrogen-bond acceptors (Lipinski definition) is 5. The summed E-state index contributed by atoms with van der Waals surface area (Å²) < 4.78 is 25.8. The molecule has 0 aliphatic carbocycles. The number of aliphatic carboxylic acids is 1. The number of amides is 1. The van der Waals surface area contributed by atoms with Gasteiger partial charge in [0.05, 0.1) is 22.9 Å². The molecule has 9 heteroatoms. The number of nitrogens with zero attached hydrogens (tertiary/aromatic N) is 1. The van der Waals surface area contributed by atoms with Crippen LogP contribution < -0.4 is 10.5 Å². The second-order valence-corrected chi connectivity index (χ2v) is 5.54. The third-order valence-corrected chi connectivity index (χ3v) is 3.74. The third kappa shape index (κ3) is 4.04. The van der Waals surface area contributed by atoms with E-state index in [2.05, 4.69) is 0 Å². The fraction of sp³-hybridized carbons (Fsp3) is 0.182. The van der Waals surface area contributed by atoms with E-state index in [-0.39, 0.29) is 10.5 Å². The van der Waals surface area contributed by atoms with E-state index < -0.39 is 34.4 Å². The molecule has 0 aliphatic heterocycles. The first-order valence-electron chi connectivity index (χ1n) is 5.30. The molecule has 0 unspecified atom stereocenters. The van der Waals surface area contributed by atoms with Gasteiger partial charge in [-0.2, -0.15) is 9.98 Å². The van der Waals surface area contributed by atoms with Crippen molar-refractivity contribution in [2.24, 2.45) is 5.73 Å². The Balaban J connectivity index is 3.06. The molecule has 0 spiro atoms. The van der Waals surface area contributed by atoms with Crippen molar-refractivity contribution in [1.29, 1.82) is 5.26 Å². The standard InChI is InChI=1S/C11H11N3O5S/c12-6-7-2-1-3-8(4-7)20(18,19)14-9(11(16)17)5-10(13)15/h1-4,9,14H,5H2,(H2,13,15)(H,16,17)/t9-/m1/s1. The fourth-order valence-corrected chi connectivity index (χ4v) is 2.60. The Labute approximate surface area is 114 Å². The number of primary amides is 1. The van der Waals surface area contributed by atoms with Crippen LogP contribution in [0.3, 0.4) is 0 Å². The number of hydrogen-bond donors (Lipinski definition) is 3. The average molecular weight is 297 g/mol. The number of carbonyl (C=O) groups excluding carboxylic acids is 1. The minimum absolute atomic E-state index is 0.106. The molecule has 1 atom stereocenters. The minimum atomic E-state index is -4.17. The van der Waals surface area contributed by atoms with E-state index in [0.717, 1.165) is 6.07 Å². The van der Waals surface area contributed by atoms with E-state index in [4.69, 9.17) is 16.1 Å². The Morgan fingerprint density at radius 3 is 2.60 bits per heavy atom. The molecule has 1 amide bonds. The highest BCUT2D eigenvalue weighted by atomic mass is 32.2. The lowest BCUT2D eigenvalue weighted by molar-refractivity contribution is -0.140. The van der Waals surface area contributed by atoms with Gasteiger partial charge < -0.3 is 10.8 Å². The molecule has 20 heavy (non-hydrogen) atoms. The van der Waals surface area contributed by atoms with Gasteiger partial charge in [-0.1, -0.05) is 6.07 Å². The lowest BCUT2D eigenvalue weighted by Gasteiger charge is -2.13. The quantitative estimate of drug-likeness (QED) is 0.623. The van der Waals surface area contributed by atoms with Crippen LogP contribution in [0.2, 0.25) is 0 Å². The van der Waals surface area contributed by atoms with Gasteiger partial charge in [-0.05, 0) is 18.2 Å². The van der Waals surface area contributed by atoms with Crippen LogP contribution in [0.5, 0.6) is 0 Å². The van der Waals surface area contributed by atoms with Crippen LogP contribution in [-0.2, 0) is 19.6 Å². The minimum Gasteiger partial charge on any atom is -0.480 e. The van der Waals surface area contributed by atoms with Crippen molar-refractivity contribution in [3.05, 3.63) is 29.8 Å². The summed E-state index contributed by atoms with van der Waals surface area (Å²) in [6.07, 6.45) is -0.674. The first-order chi connectivity index (χ1) is 9.26. The predicted octanol–water partition coefficient (Wildman–Crippen LogP) is -0.835. The van der Waals surface area contributed by atoms with E-state index in [1.165, 1.54) is 18.2 Å². The molecule has 1 rings (SSSR count). The van der Waals surface area contributed by atoms with Crippen LogP contribution in [-0.4, -0.2) is 31.4 Å². The molecular formula is C11H11N3O5S. The molecule has 1 aromatic carbocycles. The van der Waals surface area contributed by atoms with Gasteiger partial charge in [-0.15, -0.1) is 0 Å². The zero-order valence-corrected chi connectivity index (χ0v) is 10.9. The van der Waals surface area contributed by atoms with Gasteiger partial charge in [0.15, 0.2) is 0 Å². The Morgan fingerprint density at radius 1 is 1.45 bits per heavy atom. The predicted molar refractivity (Wildman–Crippen MR) is 66.7 cm³/mol. The van der Waals surface area contributed by atoms with Crippen molar-refractivity contribution in [2.75, 3.05) is 0 Å². The van der Waals surface area contributed by atoms with Gasteiger partial charge in [0, 0.05) is 0 Å². The number of nitrogens with two attached hydrogens (primary N) is 1. The maximum absolute atomic E-state index is 12.0. The average Bonchev–Trinajstić information content (AvgIpc) is 2.37. The molecule has 0 aliphatic rings. The van der Waals surface area contributed by atoms with Crippen molar-refractivity contribution >= 4 is 21.9 Å². The van der Waals surface area contributed by atoms with Gasteiger partial charge in [-0.3, -0.25) is 9.59 Å². The summed E-state index contributed by atoms with van der Waals surface area (Å²) in [6, 6.07) is 5.14. The van der Waals surface area contributed by atoms with Gasteiger partial charge in [0.25, 0.3) is 0 Å². The first-order valence-corrected chi connectivity index (χ1v) is 6.78. The summed E-state index contributed by atoms with van der Waals surface area (Å²) in [7, 11) is -4.17. The summed E-state index contributed by atoms with van der Waals surface area (Å²) in [5.41, 5.74) is 4.96. The molecule has 0 saturated carbocycles. The van der Waals surface area contributed by atoms with E-state index in [1.54, 1.807) is 6.07 Å². The van der Waals surface area contributed by atoms with Crippen LogP contribution in [0, 0.1) is 11.3 Å². The fourth-order valence-electron chi connectivity index (χ4n) is 1.37. The summed E-state index contributed by atoms with van der Waals surface area (Å²) in [6.45, 7) is 0. The second kappa shape index (κ2) is 6.14. The van der Waals surface area contributed by atoms with Crippen molar-refractivity contribution in [3.8, 4) is 6.07 Å². The highest BCUT2D eigenvalue weighted by Crippen LogP contribution is 2.12. The number of rotatable bonds is 6. The molecule has 0 heterocycles. The first kappa shape index (κ1) is 15.6. The van der Waals surface area contributed by atoms with Gasteiger partial charge in [0.2, 0.25) is 15.9 Å². The zero-order chi connectivity index (χ0) is 15.3. The van der Waals surface area contributed by atoms with Crippen LogP contribution in [0.4, 0.5) is 0 Å². The Bertz CT molecular complexity index is 678. The molecule has 0 bridgehead atoms. The number of carboxylic acid groups (broad SMARTS) is 1. The highest BCUT2D eigenvalue weighted by molar-refractivity contribution is 7.89. The van der Waals surface area contributed by atoms with Crippen LogP contribution in [0.15, 0.2) is 29.2 Å². The Hall–Kier alpha value is -2.44. The number of carbonyl (C=O) groups is 2. The number of nitriles is 1. The van der Waals surface area contributed by atoms with E-state index in [1.807, 2.05) is 4.72 Å². The second-order valence-electron chi connectivity index (χ2n) is 3.82. The van der Waals surface area contributed by atoms with Crippen molar-refractivity contribution in [2.45, 2.75) is 17.4 Å². The highest BCUT2D eigenvalue weighted by Gasteiger charge is 2.27. The SMILES string of the molecule is N#Cc1cccc(S(=O)(=O)N[C@H](CC(N)=O)C(=O)O)c1.